The van der Waals surface area contributed by atoms with Crippen molar-refractivity contribution in [3.05, 3.63) is 46.5 Å². The van der Waals surface area contributed by atoms with E-state index in [2.05, 4.69) is 11.9 Å². The maximum Gasteiger partial charge on any atom is 0.224 e. The van der Waals surface area contributed by atoms with Gasteiger partial charge in [-0.25, -0.2) is 0 Å². The summed E-state index contributed by atoms with van der Waals surface area (Å²) >= 11 is 11.4. The minimum absolute atomic E-state index is 0.120. The number of benzene rings is 1. The van der Waals surface area contributed by atoms with Crippen molar-refractivity contribution >= 4 is 29.1 Å². The summed E-state index contributed by atoms with van der Waals surface area (Å²) < 4.78 is 0. The van der Waals surface area contributed by atoms with E-state index < -0.39 is 0 Å². The fourth-order valence-electron chi connectivity index (χ4n) is 1.07. The fourth-order valence-corrected chi connectivity index (χ4v) is 1.34. The number of amides is 1. The first kappa shape index (κ1) is 12.1. The molecule has 1 N–H and O–H groups in total. The predicted molar refractivity (Wildman–Crippen MR) is 63.2 cm³/mol. The zero-order chi connectivity index (χ0) is 11.3. The van der Waals surface area contributed by atoms with Crippen molar-refractivity contribution in [1.82, 2.24) is 5.32 Å². The molecular formula is C11H11Cl2NO. The summed E-state index contributed by atoms with van der Waals surface area (Å²) in [5.41, 5.74) is 0.803. The van der Waals surface area contributed by atoms with Gasteiger partial charge in [0.05, 0.1) is 13.0 Å². The van der Waals surface area contributed by atoms with Gasteiger partial charge in [0.2, 0.25) is 5.91 Å². The zero-order valence-corrected chi connectivity index (χ0v) is 9.61. The Bertz CT molecular complexity index is 377. The molecule has 0 bridgehead atoms. The number of rotatable bonds is 4. The quantitative estimate of drug-likeness (QED) is 0.866. The number of hydrogen-bond acceptors (Lipinski definition) is 1. The highest BCUT2D eigenvalue weighted by molar-refractivity contribution is 6.31. The number of halogens is 2. The van der Waals surface area contributed by atoms with E-state index in [0.717, 1.165) is 5.56 Å². The lowest BCUT2D eigenvalue weighted by atomic mass is 10.1. The lowest BCUT2D eigenvalue weighted by molar-refractivity contribution is -0.120. The van der Waals surface area contributed by atoms with Crippen LogP contribution in [0.5, 0.6) is 0 Å². The smallest absolute Gasteiger partial charge is 0.224 e. The van der Waals surface area contributed by atoms with E-state index in [9.17, 15) is 4.79 Å². The highest BCUT2D eigenvalue weighted by Crippen LogP contribution is 2.15. The molecular weight excluding hydrogens is 233 g/mol. The van der Waals surface area contributed by atoms with Gasteiger partial charge in [0, 0.05) is 10.1 Å². The molecule has 15 heavy (non-hydrogen) atoms. The van der Waals surface area contributed by atoms with Crippen molar-refractivity contribution in [3.63, 3.8) is 0 Å². The van der Waals surface area contributed by atoms with Crippen molar-refractivity contribution in [3.8, 4) is 0 Å². The molecule has 0 aromatic heterocycles. The molecule has 0 atom stereocenters. The topological polar surface area (TPSA) is 29.1 Å². The third-order valence-corrected chi connectivity index (χ3v) is 2.29. The molecule has 0 aliphatic rings. The van der Waals surface area contributed by atoms with Gasteiger partial charge in [-0.05, 0) is 11.6 Å². The largest absolute Gasteiger partial charge is 0.351 e. The molecule has 0 radical (unpaired) electrons. The van der Waals surface area contributed by atoms with E-state index in [0.29, 0.717) is 10.1 Å². The van der Waals surface area contributed by atoms with Crippen molar-refractivity contribution < 1.29 is 4.79 Å². The van der Waals surface area contributed by atoms with Crippen LogP contribution in [-0.4, -0.2) is 12.5 Å². The highest BCUT2D eigenvalue weighted by atomic mass is 35.5. The lowest BCUT2D eigenvalue weighted by Crippen LogP contribution is -2.26. The first-order chi connectivity index (χ1) is 7.09. The van der Waals surface area contributed by atoms with Crippen molar-refractivity contribution in [2.24, 2.45) is 0 Å². The Morgan fingerprint density at radius 3 is 2.67 bits per heavy atom. The van der Waals surface area contributed by atoms with Gasteiger partial charge in [0.1, 0.15) is 0 Å². The predicted octanol–water partition coefficient (Wildman–Crippen LogP) is 2.75. The van der Waals surface area contributed by atoms with Crippen LogP contribution in [-0.2, 0) is 11.2 Å². The Labute approximate surface area is 98.9 Å². The summed E-state index contributed by atoms with van der Waals surface area (Å²) in [4.78, 5) is 11.4. The van der Waals surface area contributed by atoms with Crippen molar-refractivity contribution in [2.75, 3.05) is 6.54 Å². The fraction of sp³-hybridized carbons (Fsp3) is 0.182. The van der Waals surface area contributed by atoms with Crippen LogP contribution in [0.1, 0.15) is 5.56 Å². The number of nitrogens with one attached hydrogen (secondary N) is 1. The molecule has 0 aliphatic carbocycles. The highest BCUT2D eigenvalue weighted by Gasteiger charge is 2.05. The second-order valence-electron chi connectivity index (χ2n) is 3.06. The third kappa shape index (κ3) is 4.36. The van der Waals surface area contributed by atoms with Gasteiger partial charge in [0.25, 0.3) is 0 Å². The molecule has 1 rings (SSSR count). The van der Waals surface area contributed by atoms with Gasteiger partial charge in [-0.1, -0.05) is 48.0 Å². The Kier molecular flexibility index (Phi) is 4.66. The SMILES string of the molecule is C=C(Cl)CNC(=O)Cc1ccccc1Cl. The van der Waals surface area contributed by atoms with Gasteiger partial charge >= 0.3 is 0 Å². The maximum absolute atomic E-state index is 11.4. The second kappa shape index (κ2) is 5.79. The number of carbonyl (C=O) groups excluding carboxylic acids is 1. The molecule has 1 aromatic carbocycles. The van der Waals surface area contributed by atoms with Gasteiger partial charge in [-0.2, -0.15) is 0 Å². The van der Waals surface area contributed by atoms with Crippen LogP contribution < -0.4 is 5.32 Å². The van der Waals surface area contributed by atoms with Gasteiger partial charge in [0.15, 0.2) is 0 Å². The number of hydrogen-bond donors (Lipinski definition) is 1. The van der Waals surface area contributed by atoms with Crippen molar-refractivity contribution in [2.45, 2.75) is 6.42 Å². The molecule has 80 valence electrons. The molecule has 4 heteroatoms. The average Bonchev–Trinajstić information content (AvgIpc) is 2.18. The monoisotopic (exact) mass is 243 g/mol. The van der Waals surface area contributed by atoms with Crippen LogP contribution in [0.2, 0.25) is 5.02 Å². The molecule has 0 saturated heterocycles. The van der Waals surface area contributed by atoms with E-state index >= 15 is 0 Å². The Morgan fingerprint density at radius 2 is 2.07 bits per heavy atom. The normalized spacial score (nSPS) is 9.73. The standard InChI is InChI=1S/C11H11Cl2NO/c1-8(12)7-14-11(15)6-9-4-2-3-5-10(9)13/h2-5H,1,6-7H2,(H,14,15). The first-order valence-corrected chi connectivity index (χ1v) is 5.18. The van der Waals surface area contributed by atoms with Crippen LogP contribution >= 0.6 is 23.2 Å². The van der Waals surface area contributed by atoms with Crippen LogP contribution in [0, 0.1) is 0 Å². The Hall–Kier alpha value is -0.990. The maximum atomic E-state index is 11.4. The van der Waals surface area contributed by atoms with Crippen LogP contribution in [0.3, 0.4) is 0 Å². The summed E-state index contributed by atoms with van der Waals surface area (Å²) in [6.45, 7) is 3.76. The van der Waals surface area contributed by atoms with E-state index in [1.54, 1.807) is 6.07 Å². The van der Waals surface area contributed by atoms with Gasteiger partial charge in [-0.3, -0.25) is 4.79 Å². The first-order valence-electron chi connectivity index (χ1n) is 4.43. The molecule has 0 aliphatic heterocycles. The molecule has 0 heterocycles. The van der Waals surface area contributed by atoms with Crippen molar-refractivity contribution in [1.29, 1.82) is 0 Å². The molecule has 1 amide bonds. The van der Waals surface area contributed by atoms with E-state index in [1.807, 2.05) is 18.2 Å². The minimum Gasteiger partial charge on any atom is -0.351 e. The van der Waals surface area contributed by atoms with E-state index in [-0.39, 0.29) is 18.9 Å². The van der Waals surface area contributed by atoms with Crippen LogP contribution in [0.25, 0.3) is 0 Å². The zero-order valence-electron chi connectivity index (χ0n) is 8.09. The van der Waals surface area contributed by atoms with Gasteiger partial charge < -0.3 is 5.32 Å². The molecule has 0 saturated carbocycles. The molecule has 0 fully saturated rings. The summed E-state index contributed by atoms with van der Waals surface area (Å²) in [5.74, 6) is -0.120. The van der Waals surface area contributed by atoms with Crippen LogP contribution in [0.4, 0.5) is 0 Å². The van der Waals surface area contributed by atoms with Gasteiger partial charge in [-0.15, -0.1) is 0 Å². The summed E-state index contributed by atoms with van der Waals surface area (Å²) in [6, 6.07) is 7.24. The second-order valence-corrected chi connectivity index (χ2v) is 4.00. The average molecular weight is 244 g/mol. The third-order valence-electron chi connectivity index (χ3n) is 1.79. The summed E-state index contributed by atoms with van der Waals surface area (Å²) in [5, 5.41) is 3.63. The Morgan fingerprint density at radius 1 is 1.40 bits per heavy atom. The van der Waals surface area contributed by atoms with E-state index in [4.69, 9.17) is 23.2 Å². The van der Waals surface area contributed by atoms with E-state index in [1.165, 1.54) is 0 Å². The summed E-state index contributed by atoms with van der Waals surface area (Å²) in [6.07, 6.45) is 0.254. The Balaban J connectivity index is 2.52. The summed E-state index contributed by atoms with van der Waals surface area (Å²) in [7, 11) is 0. The molecule has 0 unspecified atom stereocenters. The van der Waals surface area contributed by atoms with Crippen LogP contribution in [0.15, 0.2) is 35.9 Å². The minimum atomic E-state index is -0.120. The molecule has 2 nitrogen and oxygen atoms in total. The molecule has 0 spiro atoms. The molecule has 1 aromatic rings. The lowest BCUT2D eigenvalue weighted by Gasteiger charge is -2.05. The number of carbonyl (C=O) groups is 1.